The number of hydrogen-bond donors (Lipinski definition) is 2. The molecule has 0 aliphatic carbocycles. The number of likely N-dealkylation sites (tertiary alicyclic amines) is 1. The average Bonchev–Trinajstić information content (AvgIpc) is 3.29. The number of carbonyl (C=O) groups is 3. The summed E-state index contributed by atoms with van der Waals surface area (Å²) in [5, 5.41) is 2.15. The highest BCUT2D eigenvalue weighted by Crippen LogP contribution is 2.25. The van der Waals surface area contributed by atoms with Crippen LogP contribution in [0.1, 0.15) is 40.5 Å². The fraction of sp³-hybridized carbons (Fsp3) is 0.609. The predicted octanol–water partition coefficient (Wildman–Crippen LogP) is 2.26. The molecule has 1 aromatic carbocycles. The lowest BCUT2D eigenvalue weighted by Gasteiger charge is -2.31. The summed E-state index contributed by atoms with van der Waals surface area (Å²) in [4.78, 5) is 39.1. The van der Waals surface area contributed by atoms with Gasteiger partial charge in [0, 0.05) is 6.54 Å². The summed E-state index contributed by atoms with van der Waals surface area (Å²) in [5.74, 6) is -4.55. The molecular weight excluding hydrogens is 503 g/mol. The van der Waals surface area contributed by atoms with E-state index in [-0.39, 0.29) is 17.9 Å². The Bertz CT molecular complexity index is 1060. The first-order valence-corrected chi connectivity index (χ1v) is 13.0. The summed E-state index contributed by atoms with van der Waals surface area (Å²) in [6.07, 6.45) is -4.58. The van der Waals surface area contributed by atoms with E-state index in [1.165, 1.54) is 45.2 Å². The van der Waals surface area contributed by atoms with Gasteiger partial charge in [-0.25, -0.2) is 8.42 Å². The van der Waals surface area contributed by atoms with Gasteiger partial charge in [0.25, 0.3) is 5.78 Å². The van der Waals surface area contributed by atoms with E-state index >= 15 is 0 Å². The molecule has 1 aliphatic rings. The summed E-state index contributed by atoms with van der Waals surface area (Å²) >= 11 is 0. The van der Waals surface area contributed by atoms with Gasteiger partial charge >= 0.3 is 6.18 Å². The summed E-state index contributed by atoms with van der Waals surface area (Å²) in [5.41, 5.74) is 0. The SMILES string of the molecule is COc1ccc(S(=O)(=O)N[C@H](C(=O)N2CCC[C@H]2C(=O)NC(C(=O)C(F)(F)F)C(C)C)C(C)C)cc1. The van der Waals surface area contributed by atoms with E-state index in [4.69, 9.17) is 4.74 Å². The van der Waals surface area contributed by atoms with Crippen LogP contribution in [0.4, 0.5) is 13.2 Å². The summed E-state index contributed by atoms with van der Waals surface area (Å²) in [7, 11) is -2.69. The van der Waals surface area contributed by atoms with Gasteiger partial charge in [-0.15, -0.1) is 0 Å². The Morgan fingerprint density at radius 1 is 1.03 bits per heavy atom. The zero-order chi connectivity index (χ0) is 27.4. The number of carbonyl (C=O) groups excluding carboxylic acids is 3. The van der Waals surface area contributed by atoms with E-state index in [1.54, 1.807) is 13.8 Å². The molecule has 1 heterocycles. The zero-order valence-electron chi connectivity index (χ0n) is 20.8. The number of sulfonamides is 1. The molecule has 9 nitrogen and oxygen atoms in total. The van der Waals surface area contributed by atoms with Crippen LogP contribution in [-0.2, 0) is 24.4 Å². The number of nitrogens with one attached hydrogen (secondary N) is 2. The van der Waals surface area contributed by atoms with Crippen LogP contribution in [0.5, 0.6) is 5.75 Å². The van der Waals surface area contributed by atoms with Crippen LogP contribution < -0.4 is 14.8 Å². The van der Waals surface area contributed by atoms with Gasteiger partial charge in [-0.3, -0.25) is 14.4 Å². The molecule has 36 heavy (non-hydrogen) atoms. The van der Waals surface area contributed by atoms with Gasteiger partial charge in [-0.2, -0.15) is 17.9 Å². The molecule has 1 unspecified atom stereocenters. The number of hydrogen-bond acceptors (Lipinski definition) is 6. The molecule has 0 saturated carbocycles. The zero-order valence-corrected chi connectivity index (χ0v) is 21.6. The van der Waals surface area contributed by atoms with E-state index in [0.717, 1.165) is 4.90 Å². The first-order chi connectivity index (χ1) is 16.6. The molecule has 3 atom stereocenters. The van der Waals surface area contributed by atoms with Crippen LogP contribution in [0, 0.1) is 11.8 Å². The second-order valence-corrected chi connectivity index (χ2v) is 11.0. The number of Topliss-reactive ketones (excluding diaryl/α,β-unsaturated/α-hetero) is 1. The smallest absolute Gasteiger partial charge is 0.452 e. The molecule has 13 heteroatoms. The third-order valence-electron chi connectivity index (χ3n) is 5.95. The molecule has 1 fully saturated rings. The second-order valence-electron chi connectivity index (χ2n) is 9.30. The van der Waals surface area contributed by atoms with E-state index < -0.39 is 63.8 Å². The molecule has 1 saturated heterocycles. The summed E-state index contributed by atoms with van der Waals surface area (Å²) < 4.78 is 72.2. The van der Waals surface area contributed by atoms with Crippen molar-refractivity contribution in [2.45, 2.75) is 69.7 Å². The van der Waals surface area contributed by atoms with Crippen molar-refractivity contribution in [3.05, 3.63) is 24.3 Å². The van der Waals surface area contributed by atoms with E-state index in [1.807, 2.05) is 0 Å². The standard InChI is InChI=1S/C23H32F3N3O6S/c1-13(2)18(20(30)23(24,25)26)27-21(31)17-7-6-12-29(17)22(32)19(14(3)4)28-36(33,34)16-10-8-15(35-5)9-11-16/h8-11,13-14,17-19,28H,6-7,12H2,1-5H3,(H,27,31)/t17-,18?,19-/m0/s1. The van der Waals surface area contributed by atoms with Gasteiger partial charge in [0.1, 0.15) is 17.8 Å². The summed E-state index contributed by atoms with van der Waals surface area (Å²) in [6.45, 7) is 6.11. The molecule has 2 rings (SSSR count). The molecule has 202 valence electrons. The number of benzene rings is 1. The van der Waals surface area contributed by atoms with Crippen molar-refractivity contribution in [2.75, 3.05) is 13.7 Å². The van der Waals surface area contributed by atoms with Crippen molar-refractivity contribution in [3.63, 3.8) is 0 Å². The highest BCUT2D eigenvalue weighted by Gasteiger charge is 2.46. The number of amides is 2. The molecule has 0 spiro atoms. The number of halogens is 3. The molecule has 1 aliphatic heterocycles. The number of ketones is 1. The molecule has 0 bridgehead atoms. The van der Waals surface area contributed by atoms with Crippen molar-refractivity contribution in [3.8, 4) is 5.75 Å². The normalized spacial score (nSPS) is 18.3. The number of ether oxygens (including phenoxy) is 1. The van der Waals surface area contributed by atoms with Crippen LogP contribution in [0.2, 0.25) is 0 Å². The molecule has 1 aromatic rings. The fourth-order valence-corrected chi connectivity index (χ4v) is 5.24. The third-order valence-corrected chi connectivity index (χ3v) is 7.41. The summed E-state index contributed by atoms with van der Waals surface area (Å²) in [6, 6.07) is 1.38. The first-order valence-electron chi connectivity index (χ1n) is 11.5. The topological polar surface area (TPSA) is 122 Å². The van der Waals surface area contributed by atoms with Gasteiger partial charge in [-0.05, 0) is 48.9 Å². The quantitative estimate of drug-likeness (QED) is 0.474. The number of alkyl halides is 3. The Kier molecular flexibility index (Phi) is 9.52. The minimum atomic E-state index is -5.13. The number of rotatable bonds is 10. The van der Waals surface area contributed by atoms with Gasteiger partial charge in [0.05, 0.1) is 18.0 Å². The van der Waals surface area contributed by atoms with Gasteiger partial charge in [0.15, 0.2) is 0 Å². The van der Waals surface area contributed by atoms with Crippen molar-refractivity contribution >= 4 is 27.6 Å². The van der Waals surface area contributed by atoms with Crippen LogP contribution in [0.15, 0.2) is 29.2 Å². The Morgan fingerprint density at radius 3 is 2.06 bits per heavy atom. The second kappa shape index (κ2) is 11.6. The van der Waals surface area contributed by atoms with Crippen molar-refractivity contribution in [2.24, 2.45) is 11.8 Å². The van der Waals surface area contributed by atoms with Gasteiger partial charge in [-0.1, -0.05) is 27.7 Å². The van der Waals surface area contributed by atoms with Crippen LogP contribution in [-0.4, -0.2) is 68.9 Å². The van der Waals surface area contributed by atoms with Crippen molar-refractivity contribution < 1.29 is 40.7 Å². The lowest BCUT2D eigenvalue weighted by molar-refractivity contribution is -0.175. The maximum Gasteiger partial charge on any atom is 0.452 e. The maximum absolute atomic E-state index is 13.4. The van der Waals surface area contributed by atoms with E-state index in [0.29, 0.717) is 12.2 Å². The highest BCUT2D eigenvalue weighted by atomic mass is 32.2. The number of nitrogens with zero attached hydrogens (tertiary/aromatic N) is 1. The van der Waals surface area contributed by atoms with Gasteiger partial charge < -0.3 is 15.0 Å². The molecular formula is C23H32F3N3O6S. The maximum atomic E-state index is 13.4. The monoisotopic (exact) mass is 535 g/mol. The molecule has 2 N–H and O–H groups in total. The average molecular weight is 536 g/mol. The van der Waals surface area contributed by atoms with Crippen LogP contribution in [0.3, 0.4) is 0 Å². The predicted molar refractivity (Wildman–Crippen MR) is 125 cm³/mol. The number of methoxy groups -OCH3 is 1. The first kappa shape index (κ1) is 29.6. The van der Waals surface area contributed by atoms with Crippen LogP contribution in [0.25, 0.3) is 0 Å². The van der Waals surface area contributed by atoms with Gasteiger partial charge in [0.2, 0.25) is 21.8 Å². The third kappa shape index (κ3) is 6.96. The Balaban J connectivity index is 2.23. The fourth-order valence-electron chi connectivity index (χ4n) is 3.90. The lowest BCUT2D eigenvalue weighted by atomic mass is 9.98. The minimum absolute atomic E-state index is 0.0945. The lowest BCUT2D eigenvalue weighted by Crippen LogP contribution is -2.58. The Labute approximate surface area is 208 Å². The van der Waals surface area contributed by atoms with Crippen molar-refractivity contribution in [1.29, 1.82) is 0 Å². The molecule has 0 aromatic heterocycles. The minimum Gasteiger partial charge on any atom is -0.497 e. The van der Waals surface area contributed by atoms with Crippen LogP contribution >= 0.6 is 0 Å². The van der Waals surface area contributed by atoms with Crippen molar-refractivity contribution in [1.82, 2.24) is 14.9 Å². The Morgan fingerprint density at radius 2 is 1.58 bits per heavy atom. The molecule has 2 amide bonds. The highest BCUT2D eigenvalue weighted by molar-refractivity contribution is 7.89. The van der Waals surface area contributed by atoms with E-state index in [2.05, 4.69) is 10.0 Å². The largest absolute Gasteiger partial charge is 0.497 e. The molecule has 0 radical (unpaired) electrons. The van der Waals surface area contributed by atoms with E-state index in [9.17, 15) is 36.0 Å². The Hall–Kier alpha value is -2.67.